The van der Waals surface area contributed by atoms with Crippen molar-refractivity contribution in [3.05, 3.63) is 84.8 Å². The van der Waals surface area contributed by atoms with E-state index in [1.807, 2.05) is 30.3 Å². The van der Waals surface area contributed by atoms with E-state index in [0.717, 1.165) is 24.2 Å². The third-order valence-corrected chi connectivity index (χ3v) is 6.79. The minimum atomic E-state index is -0.781. The van der Waals surface area contributed by atoms with Crippen molar-refractivity contribution in [2.24, 2.45) is 5.92 Å². The number of unbranched alkanes of at least 4 members (excludes halogenated alkanes) is 1. The van der Waals surface area contributed by atoms with Gasteiger partial charge in [0.1, 0.15) is 23.1 Å². The highest BCUT2D eigenvalue weighted by atomic mass is 16.5. The molecule has 0 fully saturated rings. The molecule has 1 atom stereocenters. The molecule has 2 heterocycles. The molecule has 0 aliphatic rings. The van der Waals surface area contributed by atoms with Crippen LogP contribution in [0.2, 0.25) is 0 Å². The first-order valence-electron chi connectivity index (χ1n) is 14.4. The molecule has 3 N–H and O–H groups in total. The van der Waals surface area contributed by atoms with Gasteiger partial charge in [0.15, 0.2) is 0 Å². The lowest BCUT2D eigenvalue weighted by Crippen LogP contribution is -2.21. The van der Waals surface area contributed by atoms with Crippen molar-refractivity contribution >= 4 is 23.5 Å². The molecule has 4 rings (SSSR count). The highest BCUT2D eigenvalue weighted by Crippen LogP contribution is 2.28. The normalized spacial score (nSPS) is 11.9. The van der Waals surface area contributed by atoms with Crippen molar-refractivity contribution in [2.75, 3.05) is 17.2 Å². The van der Waals surface area contributed by atoms with Crippen LogP contribution < -0.4 is 20.1 Å². The van der Waals surface area contributed by atoms with Gasteiger partial charge in [0, 0.05) is 29.6 Å². The second kappa shape index (κ2) is 14.4. The summed E-state index contributed by atoms with van der Waals surface area (Å²) in [5.74, 6) is 1.26. The number of ether oxygens (including phenoxy) is 2. The van der Waals surface area contributed by atoms with E-state index in [2.05, 4.69) is 43.3 Å². The third kappa shape index (κ3) is 9.06. The molecule has 0 radical (unpaired) electrons. The van der Waals surface area contributed by atoms with Crippen molar-refractivity contribution < 1.29 is 24.2 Å². The predicted octanol–water partition coefficient (Wildman–Crippen LogP) is 7.66. The maximum Gasteiger partial charge on any atom is 0.324 e. The number of aromatic nitrogens is 3. The van der Waals surface area contributed by atoms with Crippen molar-refractivity contribution in [2.45, 2.75) is 58.8 Å². The first-order valence-corrected chi connectivity index (χ1v) is 14.4. The summed E-state index contributed by atoms with van der Waals surface area (Å²) in [4.78, 5) is 28.5. The largest absolute Gasteiger partial charge is 0.494 e. The van der Waals surface area contributed by atoms with E-state index < -0.39 is 17.9 Å². The van der Waals surface area contributed by atoms with Crippen LogP contribution in [0.25, 0.3) is 5.69 Å². The molecule has 1 unspecified atom stereocenters. The Morgan fingerprint density at radius 2 is 1.56 bits per heavy atom. The maximum atomic E-state index is 13.0. The van der Waals surface area contributed by atoms with Gasteiger partial charge in [0.25, 0.3) is 0 Å². The van der Waals surface area contributed by atoms with Gasteiger partial charge in [-0.3, -0.25) is 15.1 Å². The summed E-state index contributed by atoms with van der Waals surface area (Å²) in [6.07, 6.45) is 6.26. The molecule has 2 amide bonds. The quantitative estimate of drug-likeness (QED) is 0.147. The molecule has 10 heteroatoms. The minimum Gasteiger partial charge on any atom is -0.494 e. The summed E-state index contributed by atoms with van der Waals surface area (Å²) in [7, 11) is 0. The highest BCUT2D eigenvalue weighted by molar-refractivity contribution is 5.99. The summed E-state index contributed by atoms with van der Waals surface area (Å²) < 4.78 is 13.3. The Morgan fingerprint density at radius 3 is 2.19 bits per heavy atom. The third-order valence-electron chi connectivity index (χ3n) is 6.79. The number of hydrogen-bond donors (Lipinski definition) is 3. The van der Waals surface area contributed by atoms with E-state index in [0.29, 0.717) is 48.2 Å². The van der Waals surface area contributed by atoms with Crippen LogP contribution in [0.1, 0.15) is 59.1 Å². The molecule has 4 aromatic rings. The first kappa shape index (κ1) is 31.1. The predicted molar refractivity (Wildman–Crippen MR) is 166 cm³/mol. The zero-order valence-corrected chi connectivity index (χ0v) is 25.0. The van der Waals surface area contributed by atoms with Crippen molar-refractivity contribution in [3.63, 3.8) is 0 Å². The Labute approximate surface area is 252 Å². The molecule has 10 nitrogen and oxygen atoms in total. The lowest BCUT2D eigenvalue weighted by molar-refractivity contribution is -0.142. The van der Waals surface area contributed by atoms with E-state index in [-0.39, 0.29) is 5.41 Å². The number of anilines is 2. The van der Waals surface area contributed by atoms with Crippen molar-refractivity contribution in [1.82, 2.24) is 14.8 Å². The van der Waals surface area contributed by atoms with E-state index >= 15 is 0 Å². The first-order chi connectivity index (χ1) is 20.6. The van der Waals surface area contributed by atoms with Gasteiger partial charge in [-0.2, -0.15) is 5.10 Å². The number of benzene rings is 2. The number of nitrogens with one attached hydrogen (secondary N) is 2. The Bertz CT molecular complexity index is 1480. The molecule has 0 aliphatic heterocycles. The molecule has 0 saturated carbocycles. The van der Waals surface area contributed by atoms with Crippen LogP contribution >= 0.6 is 0 Å². The number of nitrogens with zero attached hydrogens (tertiary/aromatic N) is 3. The van der Waals surface area contributed by atoms with Gasteiger partial charge >= 0.3 is 12.0 Å². The van der Waals surface area contributed by atoms with Crippen LogP contribution in [-0.4, -0.2) is 38.5 Å². The topological polar surface area (TPSA) is 128 Å². The molecule has 43 heavy (non-hydrogen) atoms. The molecular formula is C33H39N5O5. The summed E-state index contributed by atoms with van der Waals surface area (Å²) in [5.41, 5.74) is 1.90. The van der Waals surface area contributed by atoms with Gasteiger partial charge in [-0.05, 0) is 73.5 Å². The number of aliphatic carboxylic acids is 1. The smallest absolute Gasteiger partial charge is 0.324 e. The molecule has 0 aliphatic carbocycles. The molecule has 2 aromatic carbocycles. The Morgan fingerprint density at radius 1 is 0.907 bits per heavy atom. The average Bonchev–Trinajstić information content (AvgIpc) is 3.41. The molecule has 0 bridgehead atoms. The maximum absolute atomic E-state index is 13.0. The number of carbonyl (C=O) groups excluding carboxylic acids is 1. The second-order valence-electron chi connectivity index (χ2n) is 11.3. The Balaban J connectivity index is 1.41. The summed E-state index contributed by atoms with van der Waals surface area (Å²) in [6.45, 7) is 8.54. The average molecular weight is 586 g/mol. The van der Waals surface area contributed by atoms with Crippen molar-refractivity contribution in [1.29, 1.82) is 0 Å². The summed E-state index contributed by atoms with van der Waals surface area (Å²) >= 11 is 0. The van der Waals surface area contributed by atoms with E-state index in [9.17, 15) is 14.7 Å². The zero-order valence-electron chi connectivity index (χ0n) is 25.0. The fourth-order valence-electron chi connectivity index (χ4n) is 4.31. The number of carboxylic acids is 1. The number of carbonyl (C=O) groups is 2. The van der Waals surface area contributed by atoms with Gasteiger partial charge in [-0.15, -0.1) is 0 Å². The number of pyridine rings is 1. The second-order valence-corrected chi connectivity index (χ2v) is 11.3. The molecular weight excluding hydrogens is 546 g/mol. The van der Waals surface area contributed by atoms with Gasteiger partial charge in [-0.25, -0.2) is 9.48 Å². The molecule has 0 spiro atoms. The van der Waals surface area contributed by atoms with Gasteiger partial charge < -0.3 is 19.9 Å². The summed E-state index contributed by atoms with van der Waals surface area (Å²) in [5, 5.41) is 20.0. The molecule has 2 aromatic heterocycles. The number of carboxylic acid groups (broad SMARTS) is 1. The number of rotatable bonds is 13. The minimum absolute atomic E-state index is 0.246. The lowest BCUT2D eigenvalue weighted by atomic mass is 9.92. The van der Waals surface area contributed by atoms with E-state index in [4.69, 9.17) is 14.6 Å². The highest BCUT2D eigenvalue weighted by Gasteiger charge is 2.22. The lowest BCUT2D eigenvalue weighted by Gasteiger charge is -2.14. The fourth-order valence-corrected chi connectivity index (χ4v) is 4.31. The fraction of sp³-hybridized carbons (Fsp3) is 0.333. The van der Waals surface area contributed by atoms with Crippen LogP contribution in [0.3, 0.4) is 0 Å². The van der Waals surface area contributed by atoms with E-state index in [1.165, 1.54) is 0 Å². The van der Waals surface area contributed by atoms with Gasteiger partial charge in [0.2, 0.25) is 0 Å². The summed E-state index contributed by atoms with van der Waals surface area (Å²) in [6, 6.07) is 19.4. The van der Waals surface area contributed by atoms with Crippen LogP contribution in [0, 0.1) is 5.92 Å². The van der Waals surface area contributed by atoms with Crippen LogP contribution in [0.15, 0.2) is 79.1 Å². The van der Waals surface area contributed by atoms with Crippen LogP contribution in [-0.2, 0) is 10.2 Å². The molecule has 0 saturated heterocycles. The van der Waals surface area contributed by atoms with Gasteiger partial charge in [0.05, 0.1) is 23.9 Å². The Kier molecular flexibility index (Phi) is 10.4. The van der Waals surface area contributed by atoms with Crippen LogP contribution in [0.5, 0.6) is 17.2 Å². The number of amides is 2. The monoisotopic (exact) mass is 585 g/mol. The molecule has 226 valence electrons. The van der Waals surface area contributed by atoms with Crippen LogP contribution in [0.4, 0.5) is 16.3 Å². The van der Waals surface area contributed by atoms with Crippen molar-refractivity contribution in [3.8, 4) is 22.9 Å². The zero-order chi connectivity index (χ0) is 30.8. The van der Waals surface area contributed by atoms with Gasteiger partial charge in [-0.1, -0.05) is 40.5 Å². The number of urea groups is 1. The number of hydrogen-bond acceptors (Lipinski definition) is 6. The standard InChI is InChI=1S/C33H39N5O5/c1-5-6-7-23(31(39)40)18-21-42-26-14-10-25(11-15-26)38-30(22-29(37-38)33(2,3)4)36-32(41)35-24-8-12-27(13-9-24)43-28-16-19-34-20-17-28/h8-17,19-20,22-23H,5-7,18,21H2,1-4H3,(H,39,40)(H2,35,36,41). The SMILES string of the molecule is CCCCC(CCOc1ccc(-n2nc(C(C)(C)C)cc2NC(=O)Nc2ccc(Oc3ccncc3)cc2)cc1)C(=O)O. The van der Waals surface area contributed by atoms with E-state index in [1.54, 1.807) is 53.5 Å². The Hall–Kier alpha value is -4.86.